The van der Waals surface area contributed by atoms with E-state index in [2.05, 4.69) is 5.32 Å². The van der Waals surface area contributed by atoms with Gasteiger partial charge in [0.25, 0.3) is 0 Å². The van der Waals surface area contributed by atoms with Crippen LogP contribution < -0.4 is 10.9 Å². The molecule has 28 heavy (non-hydrogen) atoms. The van der Waals surface area contributed by atoms with E-state index < -0.39 is 5.63 Å². The van der Waals surface area contributed by atoms with Crippen LogP contribution >= 0.6 is 0 Å². The largest absolute Gasteiger partial charge is 0.454 e. The molecule has 0 radical (unpaired) electrons. The Balaban J connectivity index is 2.07. The van der Waals surface area contributed by atoms with Crippen LogP contribution in [-0.2, 0) is 4.79 Å². The molecule has 1 N–H and O–H groups in total. The Bertz CT molecular complexity index is 1280. The Labute approximate surface area is 162 Å². The van der Waals surface area contributed by atoms with Crippen LogP contribution in [0.15, 0.2) is 56.1 Å². The molecule has 2 aromatic heterocycles. The summed E-state index contributed by atoms with van der Waals surface area (Å²) in [5, 5.41) is 4.54. The quantitative estimate of drug-likeness (QED) is 0.486. The first-order valence-electron chi connectivity index (χ1n) is 9.23. The van der Waals surface area contributed by atoms with Crippen molar-refractivity contribution in [2.45, 2.75) is 27.7 Å². The molecular formula is C23H21NO4. The van der Waals surface area contributed by atoms with Crippen LogP contribution in [0.2, 0.25) is 0 Å². The smallest absolute Gasteiger partial charge is 0.336 e. The van der Waals surface area contributed by atoms with Gasteiger partial charge in [0.05, 0.1) is 5.69 Å². The topological polar surface area (TPSA) is 72.5 Å². The van der Waals surface area contributed by atoms with Gasteiger partial charge in [-0.2, -0.15) is 0 Å². The number of hydrogen-bond acceptors (Lipinski definition) is 4. The first-order chi connectivity index (χ1) is 13.3. The lowest BCUT2D eigenvalue weighted by molar-refractivity contribution is -0.118. The summed E-state index contributed by atoms with van der Waals surface area (Å²) in [5.41, 5.74) is 3.79. The number of furan rings is 1. The molecule has 0 unspecified atom stereocenters. The highest BCUT2D eigenvalue weighted by Crippen LogP contribution is 2.41. The van der Waals surface area contributed by atoms with E-state index in [4.69, 9.17) is 8.83 Å². The Morgan fingerprint density at radius 3 is 2.50 bits per heavy atom. The van der Waals surface area contributed by atoms with Gasteiger partial charge in [0.1, 0.15) is 11.2 Å². The summed E-state index contributed by atoms with van der Waals surface area (Å²) in [6.45, 7) is 7.55. The second-order valence-electron chi connectivity index (χ2n) is 7.38. The molecular weight excluding hydrogens is 354 g/mol. The fourth-order valence-corrected chi connectivity index (χ4v) is 3.43. The van der Waals surface area contributed by atoms with Gasteiger partial charge in [0.2, 0.25) is 5.91 Å². The third kappa shape index (κ3) is 2.99. The van der Waals surface area contributed by atoms with E-state index in [1.54, 1.807) is 0 Å². The first kappa shape index (κ1) is 18.0. The maximum absolute atomic E-state index is 12.4. The summed E-state index contributed by atoms with van der Waals surface area (Å²) < 4.78 is 11.6. The molecule has 0 saturated heterocycles. The molecule has 0 spiro atoms. The van der Waals surface area contributed by atoms with Crippen LogP contribution in [0.5, 0.6) is 0 Å². The van der Waals surface area contributed by atoms with Gasteiger partial charge in [0.15, 0.2) is 5.76 Å². The van der Waals surface area contributed by atoms with Gasteiger partial charge in [-0.25, -0.2) is 4.79 Å². The highest BCUT2D eigenvalue weighted by Gasteiger charge is 2.22. The molecule has 0 aliphatic heterocycles. The predicted molar refractivity (Wildman–Crippen MR) is 111 cm³/mol. The standard InChI is InChI=1S/C23H21NO4/c1-12(2)23(26)24-20-15-7-5-6-8-18(15)27-22(20)17-11-19(25)28-21-14(4)9-13(3)10-16(17)21/h5-12H,1-4H3,(H,24,26). The minimum absolute atomic E-state index is 0.118. The number of fused-ring (bicyclic) bond motifs is 2. The predicted octanol–water partition coefficient (Wildman–Crippen LogP) is 5.42. The van der Waals surface area contributed by atoms with Crippen LogP contribution in [0, 0.1) is 19.8 Å². The summed E-state index contributed by atoms with van der Waals surface area (Å²) in [6, 6.07) is 12.8. The number of para-hydroxylation sites is 1. The van der Waals surface area contributed by atoms with Crippen LogP contribution in [0.1, 0.15) is 25.0 Å². The number of nitrogens with one attached hydrogen (secondary N) is 1. The number of carbonyl (C=O) groups excluding carboxylic acids is 1. The number of benzene rings is 2. The van der Waals surface area contributed by atoms with Crippen molar-refractivity contribution >= 4 is 33.5 Å². The minimum Gasteiger partial charge on any atom is -0.454 e. The summed E-state index contributed by atoms with van der Waals surface area (Å²) in [4.78, 5) is 24.7. The zero-order valence-electron chi connectivity index (χ0n) is 16.3. The molecule has 0 aliphatic rings. The SMILES string of the molecule is Cc1cc(C)c2oc(=O)cc(-c3oc4ccccc4c3NC(=O)C(C)C)c2c1. The Morgan fingerprint density at radius 2 is 1.75 bits per heavy atom. The van der Waals surface area contributed by atoms with Crippen molar-refractivity contribution in [3.8, 4) is 11.3 Å². The van der Waals surface area contributed by atoms with E-state index >= 15 is 0 Å². The molecule has 142 valence electrons. The van der Waals surface area contributed by atoms with Gasteiger partial charge in [-0.1, -0.05) is 32.0 Å². The summed E-state index contributed by atoms with van der Waals surface area (Å²) in [6.07, 6.45) is 0. The summed E-state index contributed by atoms with van der Waals surface area (Å²) >= 11 is 0. The van der Waals surface area contributed by atoms with Crippen molar-refractivity contribution < 1.29 is 13.6 Å². The zero-order valence-corrected chi connectivity index (χ0v) is 16.3. The molecule has 5 heteroatoms. The second kappa shape index (κ2) is 6.68. The maximum atomic E-state index is 12.4. The van der Waals surface area contributed by atoms with Crippen LogP contribution in [0.3, 0.4) is 0 Å². The number of aryl methyl sites for hydroxylation is 2. The van der Waals surface area contributed by atoms with Crippen molar-refractivity contribution in [2.75, 3.05) is 5.32 Å². The molecule has 0 aliphatic carbocycles. The molecule has 4 aromatic rings. The summed E-state index contributed by atoms with van der Waals surface area (Å²) in [7, 11) is 0. The molecule has 1 amide bonds. The number of amides is 1. The number of rotatable bonds is 3. The fraction of sp³-hybridized carbons (Fsp3) is 0.217. The van der Waals surface area contributed by atoms with Crippen LogP contribution in [0.4, 0.5) is 5.69 Å². The monoisotopic (exact) mass is 375 g/mol. The Kier molecular flexibility index (Phi) is 4.30. The average Bonchev–Trinajstić information content (AvgIpc) is 3.00. The number of hydrogen-bond donors (Lipinski definition) is 1. The fourth-order valence-electron chi connectivity index (χ4n) is 3.43. The molecule has 0 atom stereocenters. The van der Waals surface area contributed by atoms with E-state index in [0.717, 1.165) is 21.9 Å². The van der Waals surface area contributed by atoms with Gasteiger partial charge in [-0.05, 0) is 43.2 Å². The van der Waals surface area contributed by atoms with Gasteiger partial charge >= 0.3 is 5.63 Å². The number of carbonyl (C=O) groups is 1. The molecule has 2 heterocycles. The second-order valence-corrected chi connectivity index (χ2v) is 7.38. The van der Waals surface area contributed by atoms with Crippen molar-refractivity contribution in [1.82, 2.24) is 0 Å². The molecule has 0 saturated carbocycles. The third-order valence-corrected chi connectivity index (χ3v) is 4.79. The van der Waals surface area contributed by atoms with Crippen molar-refractivity contribution in [3.05, 3.63) is 64.0 Å². The molecule has 0 fully saturated rings. The highest BCUT2D eigenvalue weighted by atomic mass is 16.4. The number of anilines is 1. The lowest BCUT2D eigenvalue weighted by Crippen LogP contribution is -2.18. The lowest BCUT2D eigenvalue weighted by Gasteiger charge is -2.11. The summed E-state index contributed by atoms with van der Waals surface area (Å²) in [5.74, 6) is 0.147. The van der Waals surface area contributed by atoms with Crippen molar-refractivity contribution in [1.29, 1.82) is 0 Å². The van der Waals surface area contributed by atoms with E-state index in [1.165, 1.54) is 6.07 Å². The molecule has 0 bridgehead atoms. The average molecular weight is 375 g/mol. The third-order valence-electron chi connectivity index (χ3n) is 4.79. The highest BCUT2D eigenvalue weighted by molar-refractivity contribution is 6.09. The normalized spacial score (nSPS) is 11.5. The van der Waals surface area contributed by atoms with E-state index in [1.807, 2.05) is 64.1 Å². The molecule has 2 aromatic carbocycles. The molecule has 4 rings (SSSR count). The Morgan fingerprint density at radius 1 is 1.00 bits per heavy atom. The van der Waals surface area contributed by atoms with Crippen LogP contribution in [0.25, 0.3) is 33.3 Å². The minimum atomic E-state index is -0.462. The van der Waals surface area contributed by atoms with Crippen molar-refractivity contribution in [2.24, 2.45) is 5.92 Å². The lowest BCUT2D eigenvalue weighted by atomic mass is 10.0. The van der Waals surface area contributed by atoms with Crippen molar-refractivity contribution in [3.63, 3.8) is 0 Å². The van der Waals surface area contributed by atoms with Gasteiger partial charge in [0, 0.05) is 28.3 Å². The first-order valence-corrected chi connectivity index (χ1v) is 9.23. The molecule has 5 nitrogen and oxygen atoms in total. The van der Waals surface area contributed by atoms with Gasteiger partial charge in [-0.3, -0.25) is 4.79 Å². The van der Waals surface area contributed by atoms with E-state index in [9.17, 15) is 9.59 Å². The van der Waals surface area contributed by atoms with E-state index in [0.29, 0.717) is 28.2 Å². The van der Waals surface area contributed by atoms with Gasteiger partial charge < -0.3 is 14.2 Å². The van der Waals surface area contributed by atoms with Crippen LogP contribution in [-0.4, -0.2) is 5.91 Å². The van der Waals surface area contributed by atoms with E-state index in [-0.39, 0.29) is 11.8 Å². The maximum Gasteiger partial charge on any atom is 0.336 e. The van der Waals surface area contributed by atoms with Gasteiger partial charge in [-0.15, -0.1) is 0 Å². The zero-order chi connectivity index (χ0) is 20.0. The Hall–Kier alpha value is -3.34.